The molecule has 0 aliphatic carbocycles. The molecule has 1 aromatic heterocycles. The number of aryl methyl sites for hydroxylation is 3. The molecule has 2 aromatic carbocycles. The molecule has 0 fully saturated rings. The van der Waals surface area contributed by atoms with Gasteiger partial charge in [0.15, 0.2) is 0 Å². The van der Waals surface area contributed by atoms with E-state index in [4.69, 9.17) is 0 Å². The lowest BCUT2D eigenvalue weighted by molar-refractivity contribution is -0.115. The molecule has 3 rings (SSSR count). The van der Waals surface area contributed by atoms with Gasteiger partial charge in [-0.05, 0) is 38.0 Å². The van der Waals surface area contributed by atoms with Crippen molar-refractivity contribution in [2.45, 2.75) is 20.8 Å². The van der Waals surface area contributed by atoms with E-state index >= 15 is 0 Å². The van der Waals surface area contributed by atoms with Crippen molar-refractivity contribution in [2.24, 2.45) is 0 Å². The van der Waals surface area contributed by atoms with E-state index in [1.54, 1.807) is 12.1 Å². The number of carbonyl (C=O) groups is 2. The largest absolute Gasteiger partial charge is 0.343 e. The van der Waals surface area contributed by atoms with Gasteiger partial charge in [0.2, 0.25) is 5.91 Å². The van der Waals surface area contributed by atoms with Crippen molar-refractivity contribution in [3.63, 3.8) is 0 Å². The lowest BCUT2D eigenvalue weighted by Gasteiger charge is -2.13. The van der Waals surface area contributed by atoms with Crippen LogP contribution < -0.4 is 10.6 Å². The van der Waals surface area contributed by atoms with Crippen molar-refractivity contribution in [3.05, 3.63) is 64.8 Å². The number of carbonyl (C=O) groups excluding carboxylic acids is 2. The van der Waals surface area contributed by atoms with Crippen molar-refractivity contribution < 1.29 is 9.59 Å². The Morgan fingerprint density at radius 1 is 1.04 bits per heavy atom. The van der Waals surface area contributed by atoms with Crippen LogP contribution in [0.25, 0.3) is 10.9 Å². The number of benzene rings is 2. The van der Waals surface area contributed by atoms with E-state index in [0.29, 0.717) is 16.5 Å². The highest BCUT2D eigenvalue weighted by molar-refractivity contribution is 6.07. The summed E-state index contributed by atoms with van der Waals surface area (Å²) in [5, 5.41) is 14.1. The number of hydrogen-bond acceptors (Lipinski definition) is 4. The number of amides is 2. The first-order valence-electron chi connectivity index (χ1n) is 8.32. The number of fused-ring (bicyclic) bond motifs is 1. The van der Waals surface area contributed by atoms with E-state index in [1.165, 1.54) is 6.20 Å². The van der Waals surface area contributed by atoms with E-state index in [-0.39, 0.29) is 18.4 Å². The van der Waals surface area contributed by atoms with Gasteiger partial charge in [-0.15, -0.1) is 0 Å². The molecule has 0 radical (unpaired) electrons. The number of rotatable bonds is 4. The van der Waals surface area contributed by atoms with Gasteiger partial charge in [-0.2, -0.15) is 10.2 Å². The summed E-state index contributed by atoms with van der Waals surface area (Å²) in [5.74, 6) is -0.636. The zero-order chi connectivity index (χ0) is 18.7. The van der Waals surface area contributed by atoms with Crippen molar-refractivity contribution in [3.8, 4) is 0 Å². The third kappa shape index (κ3) is 3.69. The lowest BCUT2D eigenvalue weighted by atomic mass is 10.1. The van der Waals surface area contributed by atoms with Crippen molar-refractivity contribution in [1.29, 1.82) is 0 Å². The Balaban J connectivity index is 1.69. The predicted molar refractivity (Wildman–Crippen MR) is 101 cm³/mol. The molecule has 6 nitrogen and oxygen atoms in total. The molecule has 0 aliphatic heterocycles. The molecule has 2 amide bonds. The number of nitrogens with one attached hydrogen (secondary N) is 2. The Bertz CT molecular complexity index is 970. The second-order valence-corrected chi connectivity index (χ2v) is 6.28. The van der Waals surface area contributed by atoms with Crippen LogP contribution in [0.2, 0.25) is 0 Å². The zero-order valence-corrected chi connectivity index (χ0v) is 15.0. The van der Waals surface area contributed by atoms with Crippen LogP contribution in [0.15, 0.2) is 42.6 Å². The van der Waals surface area contributed by atoms with Gasteiger partial charge < -0.3 is 10.6 Å². The normalized spacial score (nSPS) is 10.6. The first-order chi connectivity index (χ1) is 12.5. The Hall–Kier alpha value is -3.28. The number of nitrogens with zero attached hydrogens (tertiary/aromatic N) is 2. The summed E-state index contributed by atoms with van der Waals surface area (Å²) in [4.78, 5) is 24.7. The lowest BCUT2D eigenvalue weighted by Crippen LogP contribution is -2.33. The first kappa shape index (κ1) is 17.5. The molecule has 1 heterocycles. The maximum atomic E-state index is 12.4. The third-order valence-corrected chi connectivity index (χ3v) is 4.14. The summed E-state index contributed by atoms with van der Waals surface area (Å²) in [6.45, 7) is 5.78. The molecule has 0 unspecified atom stereocenters. The summed E-state index contributed by atoms with van der Waals surface area (Å²) in [6.07, 6.45) is 1.41. The SMILES string of the molecule is Cc1cc(C)c(NC(=O)CNC(=O)c2cnnc3ccccc23)c(C)c1. The molecule has 6 heteroatoms. The fourth-order valence-electron chi connectivity index (χ4n) is 3.00. The van der Waals surface area contributed by atoms with Crippen molar-refractivity contribution >= 4 is 28.4 Å². The van der Waals surface area contributed by atoms with Crippen LogP contribution >= 0.6 is 0 Å². The predicted octanol–water partition coefficient (Wildman–Crippen LogP) is 2.92. The average molecular weight is 348 g/mol. The Morgan fingerprint density at radius 2 is 1.73 bits per heavy atom. The minimum Gasteiger partial charge on any atom is -0.343 e. The highest BCUT2D eigenvalue weighted by Crippen LogP contribution is 2.21. The van der Waals surface area contributed by atoms with Crippen LogP contribution in [0.1, 0.15) is 27.0 Å². The molecule has 0 aliphatic rings. The Kier molecular flexibility index (Phi) is 4.93. The summed E-state index contributed by atoms with van der Waals surface area (Å²) >= 11 is 0. The monoisotopic (exact) mass is 348 g/mol. The minimum absolute atomic E-state index is 0.123. The van der Waals surface area contributed by atoms with Gasteiger partial charge in [0.05, 0.1) is 23.8 Å². The van der Waals surface area contributed by atoms with E-state index in [1.807, 2.05) is 45.0 Å². The molecule has 2 N–H and O–H groups in total. The second-order valence-electron chi connectivity index (χ2n) is 6.28. The minimum atomic E-state index is -0.358. The molecular weight excluding hydrogens is 328 g/mol. The summed E-state index contributed by atoms with van der Waals surface area (Å²) < 4.78 is 0. The van der Waals surface area contributed by atoms with E-state index in [2.05, 4.69) is 20.8 Å². The average Bonchev–Trinajstić information content (AvgIpc) is 2.62. The highest BCUT2D eigenvalue weighted by atomic mass is 16.2. The van der Waals surface area contributed by atoms with Gasteiger partial charge in [-0.25, -0.2) is 0 Å². The summed E-state index contributed by atoms with van der Waals surface area (Å²) in [6, 6.07) is 11.3. The molecule has 132 valence electrons. The van der Waals surface area contributed by atoms with E-state index in [9.17, 15) is 9.59 Å². The third-order valence-electron chi connectivity index (χ3n) is 4.14. The Morgan fingerprint density at radius 3 is 2.46 bits per heavy atom. The molecule has 0 saturated carbocycles. The van der Waals surface area contributed by atoms with E-state index < -0.39 is 0 Å². The molecule has 0 spiro atoms. The number of aromatic nitrogens is 2. The summed E-state index contributed by atoms with van der Waals surface area (Å²) in [7, 11) is 0. The van der Waals surface area contributed by atoms with Crippen LogP contribution in [0, 0.1) is 20.8 Å². The maximum absolute atomic E-state index is 12.4. The summed E-state index contributed by atoms with van der Waals surface area (Å²) in [5.41, 5.74) is 4.94. The van der Waals surface area contributed by atoms with Gasteiger partial charge in [-0.1, -0.05) is 35.9 Å². The molecule has 0 saturated heterocycles. The second kappa shape index (κ2) is 7.31. The fourth-order valence-corrected chi connectivity index (χ4v) is 3.00. The van der Waals surface area contributed by atoms with Gasteiger partial charge in [0.1, 0.15) is 0 Å². The van der Waals surface area contributed by atoms with Crippen molar-refractivity contribution in [2.75, 3.05) is 11.9 Å². The fraction of sp³-hybridized carbons (Fsp3) is 0.200. The smallest absolute Gasteiger partial charge is 0.254 e. The van der Waals surface area contributed by atoms with E-state index in [0.717, 1.165) is 22.4 Å². The highest BCUT2D eigenvalue weighted by Gasteiger charge is 2.13. The first-order valence-corrected chi connectivity index (χ1v) is 8.32. The standard InChI is InChI=1S/C20H20N4O2/c1-12-8-13(2)19(14(3)9-12)23-18(25)11-21-20(26)16-10-22-24-17-7-5-4-6-15(16)17/h4-10H,11H2,1-3H3,(H,21,26)(H,23,25). The molecule has 26 heavy (non-hydrogen) atoms. The maximum Gasteiger partial charge on any atom is 0.254 e. The van der Waals surface area contributed by atoms with Crippen molar-refractivity contribution in [1.82, 2.24) is 15.5 Å². The molecule has 3 aromatic rings. The molecule has 0 bridgehead atoms. The Labute approximate surface area is 151 Å². The topological polar surface area (TPSA) is 84.0 Å². The van der Waals surface area contributed by atoms with Crippen LogP contribution in [0.5, 0.6) is 0 Å². The van der Waals surface area contributed by atoms with Gasteiger partial charge in [0.25, 0.3) is 5.91 Å². The number of hydrogen-bond donors (Lipinski definition) is 2. The van der Waals surface area contributed by atoms with Gasteiger partial charge >= 0.3 is 0 Å². The van der Waals surface area contributed by atoms with Gasteiger partial charge in [0, 0.05) is 11.1 Å². The zero-order valence-electron chi connectivity index (χ0n) is 15.0. The van der Waals surface area contributed by atoms with Gasteiger partial charge in [-0.3, -0.25) is 9.59 Å². The molecular formula is C20H20N4O2. The quantitative estimate of drug-likeness (QED) is 0.759. The van der Waals surface area contributed by atoms with Crippen LogP contribution in [-0.2, 0) is 4.79 Å². The van der Waals surface area contributed by atoms with Crippen LogP contribution in [-0.4, -0.2) is 28.6 Å². The number of anilines is 1. The van der Waals surface area contributed by atoms with Crippen LogP contribution in [0.4, 0.5) is 5.69 Å². The van der Waals surface area contributed by atoms with Crippen LogP contribution in [0.3, 0.4) is 0 Å². The molecule has 0 atom stereocenters.